The summed E-state index contributed by atoms with van der Waals surface area (Å²) in [5, 5.41) is 5.60. The van der Waals surface area contributed by atoms with E-state index in [1.807, 2.05) is 20.7 Å². The Morgan fingerprint density at radius 2 is 2.10 bits per heavy atom. The molecule has 0 aliphatic carbocycles. The molecule has 3 aromatic rings. The Morgan fingerprint density at radius 3 is 2.86 bits per heavy atom. The fraction of sp³-hybridized carbons (Fsp3) is 0.133. The van der Waals surface area contributed by atoms with Crippen molar-refractivity contribution < 1.29 is 9.13 Å². The van der Waals surface area contributed by atoms with Crippen molar-refractivity contribution in [2.24, 2.45) is 0 Å². The second-order valence-corrected chi connectivity index (χ2v) is 6.71. The van der Waals surface area contributed by atoms with Gasteiger partial charge in [0, 0.05) is 0 Å². The monoisotopic (exact) mass is 475 g/mol. The van der Waals surface area contributed by atoms with Crippen molar-refractivity contribution in [2.45, 2.75) is 6.61 Å². The van der Waals surface area contributed by atoms with Gasteiger partial charge in [-0.15, -0.1) is 0 Å². The predicted molar refractivity (Wildman–Crippen MR) is 81.4 cm³/mol. The summed E-state index contributed by atoms with van der Waals surface area (Å²) >= 11 is 0.550. The van der Waals surface area contributed by atoms with Crippen LogP contribution in [0, 0.1) is 5.82 Å². The molecule has 3 rings (SSSR count). The molecule has 1 heterocycles. The number of fused-ring (bicyclic) bond motifs is 1. The average molecular weight is 475 g/mol. The van der Waals surface area contributed by atoms with Gasteiger partial charge in [0.1, 0.15) is 0 Å². The van der Waals surface area contributed by atoms with Gasteiger partial charge in [0.05, 0.1) is 0 Å². The van der Waals surface area contributed by atoms with Crippen molar-refractivity contribution in [2.75, 3.05) is 12.8 Å². The normalized spacial score (nSPS) is 11.1. The molecular formula is C15H13FN3OTl. The number of hydrogen-bond donors (Lipinski definition) is 1. The van der Waals surface area contributed by atoms with Crippen LogP contribution in [0.5, 0.6) is 0 Å². The van der Waals surface area contributed by atoms with Crippen molar-refractivity contribution in [3.8, 4) is 11.3 Å². The van der Waals surface area contributed by atoms with Gasteiger partial charge in [-0.05, 0) is 0 Å². The van der Waals surface area contributed by atoms with Crippen LogP contribution in [-0.4, -0.2) is 40.8 Å². The number of rotatable bonds is 3. The molecule has 0 unspecified atom stereocenters. The van der Waals surface area contributed by atoms with E-state index in [1.54, 1.807) is 19.2 Å². The summed E-state index contributed by atoms with van der Waals surface area (Å²) in [7, 11) is 1.55. The number of aromatic nitrogens is 2. The summed E-state index contributed by atoms with van der Waals surface area (Å²) in [6.07, 6.45) is 0. The quantitative estimate of drug-likeness (QED) is 0.469. The predicted octanol–water partition coefficient (Wildman–Crippen LogP) is 2.50. The van der Waals surface area contributed by atoms with Crippen LogP contribution in [0.25, 0.3) is 22.2 Å². The van der Waals surface area contributed by atoms with E-state index in [2.05, 4.69) is 5.10 Å². The van der Waals surface area contributed by atoms with Crippen molar-refractivity contribution in [3.63, 3.8) is 0 Å². The fourth-order valence-corrected chi connectivity index (χ4v) is 3.68. The van der Waals surface area contributed by atoms with Crippen LogP contribution in [0.15, 0.2) is 36.4 Å². The van der Waals surface area contributed by atoms with Gasteiger partial charge in [-0.3, -0.25) is 0 Å². The number of methoxy groups -OCH3 is 1. The molecule has 2 aromatic carbocycles. The molecule has 0 amide bonds. The Morgan fingerprint density at radius 1 is 1.29 bits per heavy atom. The van der Waals surface area contributed by atoms with Crippen molar-refractivity contribution >= 4 is 42.7 Å². The van der Waals surface area contributed by atoms with E-state index < -0.39 is 0 Å². The molecule has 2 N–H and O–H groups in total. The van der Waals surface area contributed by atoms with E-state index in [0.717, 1.165) is 22.2 Å². The summed E-state index contributed by atoms with van der Waals surface area (Å²) in [6, 6.07) is 10.7. The first-order valence-electron chi connectivity index (χ1n) is 6.41. The van der Waals surface area contributed by atoms with Gasteiger partial charge < -0.3 is 0 Å². The minimum absolute atomic E-state index is 0.239. The molecule has 0 aliphatic rings. The summed E-state index contributed by atoms with van der Waals surface area (Å²) in [5.41, 5.74) is 9.86. The Balaban J connectivity index is 2.20. The first-order valence-corrected chi connectivity index (χ1v) is 8.42. The number of anilines is 1. The number of nitrogens with two attached hydrogens (primary N) is 1. The summed E-state index contributed by atoms with van der Waals surface area (Å²) in [5.74, 6) is -0.267. The van der Waals surface area contributed by atoms with E-state index in [0.29, 0.717) is 37.3 Å². The van der Waals surface area contributed by atoms with Crippen LogP contribution in [0.2, 0.25) is 0 Å². The van der Waals surface area contributed by atoms with Gasteiger partial charge in [0.2, 0.25) is 0 Å². The summed E-state index contributed by atoms with van der Waals surface area (Å²) in [4.78, 5) is 0. The fourth-order valence-electron chi connectivity index (χ4n) is 2.36. The third-order valence-electron chi connectivity index (χ3n) is 3.35. The van der Waals surface area contributed by atoms with E-state index in [4.69, 9.17) is 10.5 Å². The molecule has 0 atom stereocenters. The third kappa shape index (κ3) is 2.67. The number of benzene rings is 2. The van der Waals surface area contributed by atoms with E-state index in [1.165, 1.54) is 6.07 Å². The van der Waals surface area contributed by atoms with E-state index in [-0.39, 0.29) is 12.4 Å². The Hall–Kier alpha value is -1.48. The number of nitrogens with zero attached hydrogens (tertiary/aromatic N) is 2. The molecule has 104 valence electrons. The molecule has 0 fully saturated rings. The Labute approximate surface area is 137 Å². The van der Waals surface area contributed by atoms with Gasteiger partial charge in [-0.25, -0.2) is 0 Å². The van der Waals surface area contributed by atoms with Gasteiger partial charge in [-0.1, -0.05) is 0 Å². The molecule has 0 radical (unpaired) electrons. The number of ether oxygens (including phenoxy) is 1. The van der Waals surface area contributed by atoms with Crippen LogP contribution < -0.4 is 5.73 Å². The van der Waals surface area contributed by atoms with Crippen molar-refractivity contribution in [1.29, 1.82) is 0 Å². The zero-order valence-electron chi connectivity index (χ0n) is 11.5. The van der Waals surface area contributed by atoms with Crippen molar-refractivity contribution in [1.82, 2.24) is 7.59 Å². The zero-order valence-corrected chi connectivity index (χ0v) is 16.0. The molecule has 0 saturated heterocycles. The Bertz CT molecular complexity index is 816. The van der Waals surface area contributed by atoms with Crippen LogP contribution in [-0.2, 0) is 11.3 Å². The minimum atomic E-state index is -0.267. The summed E-state index contributed by atoms with van der Waals surface area (Å²) in [6.45, 7) is 0.239. The van der Waals surface area contributed by atoms with Crippen LogP contribution in [0.1, 0.15) is 5.56 Å². The van der Waals surface area contributed by atoms with Crippen LogP contribution in [0.3, 0.4) is 0 Å². The van der Waals surface area contributed by atoms with Crippen LogP contribution >= 0.6 is 0 Å². The van der Waals surface area contributed by atoms with E-state index >= 15 is 0 Å². The number of halogens is 1. The van der Waals surface area contributed by atoms with Crippen LogP contribution in [0.4, 0.5) is 10.1 Å². The van der Waals surface area contributed by atoms with Gasteiger partial charge in [0.15, 0.2) is 0 Å². The molecule has 21 heavy (non-hydrogen) atoms. The maximum absolute atomic E-state index is 13.7. The topological polar surface area (TPSA) is 53.1 Å². The molecule has 0 aliphatic heterocycles. The van der Waals surface area contributed by atoms with Gasteiger partial charge in [-0.2, -0.15) is 0 Å². The molecule has 0 saturated carbocycles. The second kappa shape index (κ2) is 5.72. The van der Waals surface area contributed by atoms with E-state index in [9.17, 15) is 4.39 Å². The van der Waals surface area contributed by atoms with Gasteiger partial charge >= 0.3 is 138 Å². The molecule has 6 heteroatoms. The Kier molecular flexibility index (Phi) is 3.94. The second-order valence-electron chi connectivity index (χ2n) is 4.81. The maximum atomic E-state index is 13.7. The zero-order chi connectivity index (χ0) is 15.0. The standard InChI is InChI=1S/C15H13FN3O.Tl/c1-20-8-10-6-9(2-4-13(10)16)15-12-7-11(17)3-5-14(12)18-19-15;/h2-7H,8,17H2,1H3;/q-1;+1. The molecule has 0 spiro atoms. The third-order valence-corrected chi connectivity index (χ3v) is 4.88. The average Bonchev–Trinajstić information content (AvgIpc) is 2.78. The molecule has 4 nitrogen and oxygen atoms in total. The first kappa shape index (κ1) is 14.5. The molecule has 0 bridgehead atoms. The molecular weight excluding hydrogens is 462 g/mol. The number of hydrogen-bond acceptors (Lipinski definition) is 3. The molecule has 1 aromatic heterocycles. The van der Waals surface area contributed by atoms with Gasteiger partial charge in [0.25, 0.3) is 0 Å². The SMILES string of the molecule is COCc1cc(-c2n[n]([Tl])c3ccc(N)cc23)ccc1F. The van der Waals surface area contributed by atoms with Crippen molar-refractivity contribution in [3.05, 3.63) is 47.8 Å². The summed E-state index contributed by atoms with van der Waals surface area (Å²) < 4.78 is 20.7. The number of nitrogen functional groups attached to an aromatic ring is 1. The first-order chi connectivity index (χ1) is 10.1.